The molecule has 0 aliphatic carbocycles. The van der Waals surface area contributed by atoms with Gasteiger partial charge in [-0.2, -0.15) is 0 Å². The van der Waals surface area contributed by atoms with Crippen LogP contribution < -0.4 is 5.32 Å². The predicted octanol–water partition coefficient (Wildman–Crippen LogP) is -0.464. The van der Waals surface area contributed by atoms with Gasteiger partial charge in [0.2, 0.25) is 0 Å². The number of esters is 1. The van der Waals surface area contributed by atoms with E-state index in [0.29, 0.717) is 19.2 Å². The molecule has 2 atom stereocenters. The Kier molecular flexibility index (Phi) is 2.84. The SMILES string of the molecule is COC(=O)[C@@H]1CN[C@H](C)CO1. The van der Waals surface area contributed by atoms with Crippen molar-refractivity contribution in [2.24, 2.45) is 0 Å². The third-order valence-electron chi connectivity index (χ3n) is 1.66. The normalized spacial score (nSPS) is 31.5. The zero-order chi connectivity index (χ0) is 8.27. The lowest BCUT2D eigenvalue weighted by molar-refractivity contribution is -0.156. The fourth-order valence-corrected chi connectivity index (χ4v) is 0.969. The molecule has 4 nitrogen and oxygen atoms in total. The number of morpholine rings is 1. The van der Waals surface area contributed by atoms with Gasteiger partial charge >= 0.3 is 5.97 Å². The van der Waals surface area contributed by atoms with Crippen LogP contribution in [-0.4, -0.2) is 38.4 Å². The van der Waals surface area contributed by atoms with Crippen molar-refractivity contribution in [2.45, 2.75) is 19.1 Å². The van der Waals surface area contributed by atoms with Crippen molar-refractivity contribution >= 4 is 5.97 Å². The molecule has 4 heteroatoms. The van der Waals surface area contributed by atoms with Crippen molar-refractivity contribution in [3.8, 4) is 0 Å². The highest BCUT2D eigenvalue weighted by Gasteiger charge is 2.24. The summed E-state index contributed by atoms with van der Waals surface area (Å²) >= 11 is 0. The Balaban J connectivity index is 2.33. The number of rotatable bonds is 1. The van der Waals surface area contributed by atoms with Gasteiger partial charge in [-0.25, -0.2) is 4.79 Å². The molecule has 1 rings (SSSR count). The van der Waals surface area contributed by atoms with Gasteiger partial charge in [-0.3, -0.25) is 0 Å². The van der Waals surface area contributed by atoms with Crippen LogP contribution in [0.4, 0.5) is 0 Å². The van der Waals surface area contributed by atoms with Crippen LogP contribution in [0, 0.1) is 0 Å². The van der Waals surface area contributed by atoms with E-state index in [2.05, 4.69) is 10.1 Å². The highest BCUT2D eigenvalue weighted by Crippen LogP contribution is 2.01. The van der Waals surface area contributed by atoms with Crippen LogP contribution in [0.1, 0.15) is 6.92 Å². The van der Waals surface area contributed by atoms with Crippen LogP contribution in [0.15, 0.2) is 0 Å². The lowest BCUT2D eigenvalue weighted by Gasteiger charge is -2.26. The molecule has 0 saturated carbocycles. The third-order valence-corrected chi connectivity index (χ3v) is 1.66. The largest absolute Gasteiger partial charge is 0.467 e. The molecule has 1 aliphatic rings. The number of hydrogen-bond acceptors (Lipinski definition) is 4. The van der Waals surface area contributed by atoms with Gasteiger partial charge in [0.15, 0.2) is 6.10 Å². The van der Waals surface area contributed by atoms with E-state index >= 15 is 0 Å². The lowest BCUT2D eigenvalue weighted by Crippen LogP contribution is -2.48. The van der Waals surface area contributed by atoms with Gasteiger partial charge in [0.05, 0.1) is 13.7 Å². The third kappa shape index (κ3) is 2.17. The topological polar surface area (TPSA) is 47.6 Å². The fourth-order valence-electron chi connectivity index (χ4n) is 0.969. The number of carbonyl (C=O) groups is 1. The summed E-state index contributed by atoms with van der Waals surface area (Å²) < 4.78 is 9.73. The average molecular weight is 159 g/mol. The Bertz CT molecular complexity index is 141. The molecule has 64 valence electrons. The standard InChI is InChI=1S/C7H13NO3/c1-5-4-11-6(3-8-5)7(9)10-2/h5-6,8H,3-4H2,1-2H3/t5-,6+/m1/s1. The van der Waals surface area contributed by atoms with E-state index in [1.165, 1.54) is 7.11 Å². The number of ether oxygens (including phenoxy) is 2. The Labute approximate surface area is 65.9 Å². The first-order valence-electron chi connectivity index (χ1n) is 3.67. The first-order valence-corrected chi connectivity index (χ1v) is 3.67. The van der Waals surface area contributed by atoms with Crippen LogP contribution in [0.5, 0.6) is 0 Å². The molecule has 0 spiro atoms. The Morgan fingerprint density at radius 1 is 1.73 bits per heavy atom. The molecule has 0 aromatic rings. The smallest absolute Gasteiger partial charge is 0.336 e. The van der Waals surface area contributed by atoms with Gasteiger partial charge in [0.25, 0.3) is 0 Å². The van der Waals surface area contributed by atoms with Crippen LogP contribution in [-0.2, 0) is 14.3 Å². The summed E-state index contributed by atoms with van der Waals surface area (Å²) in [6.45, 7) is 3.13. The maximum Gasteiger partial charge on any atom is 0.336 e. The first-order chi connectivity index (χ1) is 5.24. The quantitative estimate of drug-likeness (QED) is 0.526. The van der Waals surface area contributed by atoms with E-state index < -0.39 is 6.10 Å². The van der Waals surface area contributed by atoms with Gasteiger partial charge in [-0.05, 0) is 6.92 Å². The second kappa shape index (κ2) is 3.69. The minimum Gasteiger partial charge on any atom is -0.467 e. The molecule has 1 fully saturated rings. The molecule has 1 aliphatic heterocycles. The summed E-state index contributed by atoms with van der Waals surface area (Å²) in [6.07, 6.45) is -0.420. The summed E-state index contributed by atoms with van der Waals surface area (Å²) in [7, 11) is 1.36. The molecule has 1 N–H and O–H groups in total. The van der Waals surface area contributed by atoms with Crippen molar-refractivity contribution in [3.63, 3.8) is 0 Å². The van der Waals surface area contributed by atoms with Crippen molar-refractivity contribution in [1.29, 1.82) is 0 Å². The fraction of sp³-hybridized carbons (Fsp3) is 0.857. The van der Waals surface area contributed by atoms with Crippen molar-refractivity contribution in [1.82, 2.24) is 5.32 Å². The minimum absolute atomic E-state index is 0.301. The van der Waals surface area contributed by atoms with Crippen LogP contribution in [0.2, 0.25) is 0 Å². The predicted molar refractivity (Wildman–Crippen MR) is 39.2 cm³/mol. The molecule has 1 saturated heterocycles. The summed E-state index contributed by atoms with van der Waals surface area (Å²) in [5, 5.41) is 3.12. The maximum atomic E-state index is 10.9. The number of carbonyl (C=O) groups excluding carboxylic acids is 1. The van der Waals surface area contributed by atoms with E-state index in [1.54, 1.807) is 0 Å². The van der Waals surface area contributed by atoms with Gasteiger partial charge in [-0.15, -0.1) is 0 Å². The lowest BCUT2D eigenvalue weighted by atomic mass is 10.2. The van der Waals surface area contributed by atoms with Crippen LogP contribution in [0.25, 0.3) is 0 Å². The molecular weight excluding hydrogens is 146 g/mol. The second-order valence-electron chi connectivity index (χ2n) is 2.65. The highest BCUT2D eigenvalue weighted by molar-refractivity contribution is 5.74. The molecule has 0 unspecified atom stereocenters. The highest BCUT2D eigenvalue weighted by atomic mass is 16.6. The van der Waals surface area contributed by atoms with Gasteiger partial charge in [0, 0.05) is 12.6 Å². The van der Waals surface area contributed by atoms with E-state index in [0.717, 1.165) is 0 Å². The van der Waals surface area contributed by atoms with E-state index in [4.69, 9.17) is 4.74 Å². The van der Waals surface area contributed by atoms with Gasteiger partial charge in [-0.1, -0.05) is 0 Å². The molecule has 0 amide bonds. The van der Waals surface area contributed by atoms with E-state index in [-0.39, 0.29) is 5.97 Å². The summed E-state index contributed by atoms with van der Waals surface area (Å²) in [5.74, 6) is -0.301. The van der Waals surface area contributed by atoms with Crippen LogP contribution in [0.3, 0.4) is 0 Å². The summed E-state index contributed by atoms with van der Waals surface area (Å²) in [5.41, 5.74) is 0. The summed E-state index contributed by atoms with van der Waals surface area (Å²) in [4.78, 5) is 10.9. The van der Waals surface area contributed by atoms with Crippen LogP contribution >= 0.6 is 0 Å². The monoisotopic (exact) mass is 159 g/mol. The number of nitrogens with one attached hydrogen (secondary N) is 1. The van der Waals surface area contributed by atoms with E-state index in [1.807, 2.05) is 6.92 Å². The minimum atomic E-state index is -0.420. The Morgan fingerprint density at radius 3 is 2.91 bits per heavy atom. The molecule has 0 radical (unpaired) electrons. The molecule has 0 bridgehead atoms. The first kappa shape index (κ1) is 8.49. The summed E-state index contributed by atoms with van der Waals surface area (Å²) in [6, 6.07) is 0.330. The van der Waals surface area contributed by atoms with Gasteiger partial charge < -0.3 is 14.8 Å². The van der Waals surface area contributed by atoms with Crippen molar-refractivity contribution in [3.05, 3.63) is 0 Å². The maximum absolute atomic E-state index is 10.9. The molecule has 0 aromatic carbocycles. The van der Waals surface area contributed by atoms with Crippen molar-refractivity contribution in [2.75, 3.05) is 20.3 Å². The number of methoxy groups -OCH3 is 1. The average Bonchev–Trinajstić information content (AvgIpc) is 2.05. The van der Waals surface area contributed by atoms with Gasteiger partial charge in [0.1, 0.15) is 0 Å². The zero-order valence-electron chi connectivity index (χ0n) is 6.79. The Hall–Kier alpha value is -0.610. The second-order valence-corrected chi connectivity index (χ2v) is 2.65. The Morgan fingerprint density at radius 2 is 2.45 bits per heavy atom. The van der Waals surface area contributed by atoms with E-state index in [9.17, 15) is 4.79 Å². The molecule has 11 heavy (non-hydrogen) atoms. The molecular formula is C7H13NO3. The molecule has 1 heterocycles. The molecule has 0 aromatic heterocycles. The zero-order valence-corrected chi connectivity index (χ0v) is 6.79. The number of hydrogen-bond donors (Lipinski definition) is 1. The van der Waals surface area contributed by atoms with Crippen molar-refractivity contribution < 1.29 is 14.3 Å².